The Hall–Kier alpha value is -3.22. The van der Waals surface area contributed by atoms with Gasteiger partial charge in [0.15, 0.2) is 11.6 Å². The van der Waals surface area contributed by atoms with Gasteiger partial charge < -0.3 is 14.8 Å². The van der Waals surface area contributed by atoms with E-state index in [-0.39, 0.29) is 17.5 Å². The molecule has 0 spiro atoms. The Bertz CT molecular complexity index is 803. The molecule has 2 aromatic heterocycles. The van der Waals surface area contributed by atoms with E-state index in [2.05, 4.69) is 20.3 Å². The van der Waals surface area contributed by atoms with Gasteiger partial charge in [-0.1, -0.05) is 6.07 Å². The quantitative estimate of drug-likeness (QED) is 0.721. The van der Waals surface area contributed by atoms with Crippen molar-refractivity contribution in [2.24, 2.45) is 4.99 Å². The van der Waals surface area contributed by atoms with E-state index < -0.39 is 5.82 Å². The molecule has 0 atom stereocenters. The number of phenolic OH excluding ortho intramolecular Hbond substituents is 1. The summed E-state index contributed by atoms with van der Waals surface area (Å²) in [7, 11) is 0. The lowest BCUT2D eigenvalue weighted by molar-refractivity contribution is 0.475. The van der Waals surface area contributed by atoms with E-state index >= 15 is 0 Å². The summed E-state index contributed by atoms with van der Waals surface area (Å²) in [5.41, 5.74) is 1.25. The van der Waals surface area contributed by atoms with Gasteiger partial charge in [0, 0.05) is 23.5 Å². The summed E-state index contributed by atoms with van der Waals surface area (Å²) in [6.07, 6.45) is 5.57. The molecule has 6 nitrogen and oxygen atoms in total. The van der Waals surface area contributed by atoms with Gasteiger partial charge in [-0.3, -0.25) is 0 Å². The topological polar surface area (TPSA) is 83.5 Å². The van der Waals surface area contributed by atoms with Gasteiger partial charge in [-0.2, -0.15) is 4.98 Å². The molecule has 0 aliphatic heterocycles. The van der Waals surface area contributed by atoms with Crippen LogP contribution in [0.5, 0.6) is 5.75 Å². The third-order valence-corrected chi connectivity index (χ3v) is 2.71. The Morgan fingerprint density at radius 1 is 1.32 bits per heavy atom. The van der Waals surface area contributed by atoms with Crippen molar-refractivity contribution in [3.8, 4) is 5.75 Å². The van der Waals surface area contributed by atoms with Gasteiger partial charge in [0.25, 0.3) is 5.95 Å². The third kappa shape index (κ3) is 3.26. The smallest absolute Gasteiger partial charge is 0.251 e. The van der Waals surface area contributed by atoms with Crippen LogP contribution in [0, 0.1) is 5.82 Å². The molecule has 7 heteroatoms. The fourth-order valence-electron chi connectivity index (χ4n) is 1.71. The zero-order chi connectivity index (χ0) is 15.4. The van der Waals surface area contributed by atoms with Gasteiger partial charge in [0.2, 0.25) is 0 Å². The predicted molar refractivity (Wildman–Crippen MR) is 79.3 cm³/mol. The molecule has 22 heavy (non-hydrogen) atoms. The molecule has 110 valence electrons. The first-order valence-corrected chi connectivity index (χ1v) is 6.35. The van der Waals surface area contributed by atoms with Gasteiger partial charge in [0.05, 0.1) is 18.7 Å². The van der Waals surface area contributed by atoms with Gasteiger partial charge in [-0.05, 0) is 18.2 Å². The molecule has 0 aliphatic rings. The molecular formula is C15H11FN4O2. The van der Waals surface area contributed by atoms with Gasteiger partial charge in [-0.15, -0.1) is 0 Å². The van der Waals surface area contributed by atoms with E-state index in [9.17, 15) is 9.50 Å². The van der Waals surface area contributed by atoms with Crippen molar-refractivity contribution in [1.82, 2.24) is 9.97 Å². The maximum absolute atomic E-state index is 13.8. The van der Waals surface area contributed by atoms with Crippen LogP contribution in [0.15, 0.2) is 58.5 Å². The molecule has 1 aromatic carbocycles. The number of aromatic hydroxyl groups is 1. The van der Waals surface area contributed by atoms with Crippen molar-refractivity contribution in [2.45, 2.75) is 0 Å². The molecule has 0 saturated heterocycles. The van der Waals surface area contributed by atoms with Crippen LogP contribution in [0.3, 0.4) is 0 Å². The lowest BCUT2D eigenvalue weighted by Gasteiger charge is -2.06. The SMILES string of the molecule is Oc1cccc(Nc2nc(N=Cc3ccoc3)ncc2F)c1. The highest BCUT2D eigenvalue weighted by Gasteiger charge is 2.07. The van der Waals surface area contributed by atoms with E-state index in [0.29, 0.717) is 5.69 Å². The van der Waals surface area contributed by atoms with Crippen molar-refractivity contribution >= 4 is 23.7 Å². The predicted octanol–water partition coefficient (Wildman–Crippen LogP) is 3.41. The fraction of sp³-hybridized carbons (Fsp3) is 0. The Labute approximate surface area is 125 Å². The Morgan fingerprint density at radius 2 is 2.23 bits per heavy atom. The number of furan rings is 1. The summed E-state index contributed by atoms with van der Waals surface area (Å²) in [6, 6.07) is 8.00. The van der Waals surface area contributed by atoms with Crippen LogP contribution in [-0.4, -0.2) is 21.3 Å². The molecule has 0 saturated carbocycles. The molecule has 0 radical (unpaired) electrons. The first-order valence-electron chi connectivity index (χ1n) is 6.35. The lowest BCUT2D eigenvalue weighted by Crippen LogP contribution is -1.98. The number of anilines is 2. The molecule has 0 unspecified atom stereocenters. The lowest BCUT2D eigenvalue weighted by atomic mass is 10.3. The fourth-order valence-corrected chi connectivity index (χ4v) is 1.71. The first-order chi connectivity index (χ1) is 10.7. The standard InChI is InChI=1S/C15H11FN4O2/c16-13-8-18-15(17-7-10-4-5-22-9-10)20-14(13)19-11-2-1-3-12(21)6-11/h1-9,21H,(H,18,19,20). The van der Waals surface area contributed by atoms with Crippen LogP contribution < -0.4 is 5.32 Å². The monoisotopic (exact) mass is 298 g/mol. The number of phenols is 1. The molecule has 0 amide bonds. The Kier molecular flexibility index (Phi) is 3.78. The van der Waals surface area contributed by atoms with Crippen molar-refractivity contribution in [3.63, 3.8) is 0 Å². The highest BCUT2D eigenvalue weighted by Crippen LogP contribution is 2.22. The maximum atomic E-state index is 13.8. The number of rotatable bonds is 4. The van der Waals surface area contributed by atoms with Crippen molar-refractivity contribution in [2.75, 3.05) is 5.32 Å². The van der Waals surface area contributed by atoms with Gasteiger partial charge >= 0.3 is 0 Å². The number of benzene rings is 1. The summed E-state index contributed by atoms with van der Waals surface area (Å²) in [4.78, 5) is 11.8. The zero-order valence-corrected chi connectivity index (χ0v) is 11.3. The number of nitrogens with one attached hydrogen (secondary N) is 1. The number of hydrogen-bond donors (Lipinski definition) is 2. The van der Waals surface area contributed by atoms with Crippen LogP contribution in [0.25, 0.3) is 0 Å². The second kappa shape index (κ2) is 6.04. The highest BCUT2D eigenvalue weighted by molar-refractivity contribution is 5.80. The van der Waals surface area contributed by atoms with Crippen LogP contribution >= 0.6 is 0 Å². The third-order valence-electron chi connectivity index (χ3n) is 2.71. The second-order valence-electron chi connectivity index (χ2n) is 4.36. The number of aliphatic imine (C=N–C) groups is 1. The summed E-state index contributed by atoms with van der Waals surface area (Å²) in [6.45, 7) is 0. The molecular weight excluding hydrogens is 287 g/mol. The number of nitrogens with zero attached hydrogens (tertiary/aromatic N) is 3. The van der Waals surface area contributed by atoms with Crippen LogP contribution in [0.1, 0.15) is 5.56 Å². The normalized spacial score (nSPS) is 11.0. The molecule has 2 N–H and O–H groups in total. The van der Waals surface area contributed by atoms with E-state index in [1.165, 1.54) is 30.9 Å². The average molecular weight is 298 g/mol. The van der Waals surface area contributed by atoms with Crippen LogP contribution in [0.4, 0.5) is 21.8 Å². The summed E-state index contributed by atoms with van der Waals surface area (Å²) in [5.74, 6) is -0.478. The van der Waals surface area contributed by atoms with Crippen molar-refractivity contribution in [1.29, 1.82) is 0 Å². The van der Waals surface area contributed by atoms with E-state index in [4.69, 9.17) is 4.42 Å². The van der Waals surface area contributed by atoms with Gasteiger partial charge in [0.1, 0.15) is 5.75 Å². The summed E-state index contributed by atoms with van der Waals surface area (Å²) in [5, 5.41) is 12.2. The minimum absolute atomic E-state index is 0.0278. The maximum Gasteiger partial charge on any atom is 0.251 e. The Morgan fingerprint density at radius 3 is 3.00 bits per heavy atom. The molecule has 3 aromatic rings. The van der Waals surface area contributed by atoms with Crippen LogP contribution in [-0.2, 0) is 0 Å². The molecule has 0 bridgehead atoms. The molecule has 0 fully saturated rings. The summed E-state index contributed by atoms with van der Waals surface area (Å²) >= 11 is 0. The molecule has 3 rings (SSSR count). The van der Waals surface area contributed by atoms with E-state index in [1.807, 2.05) is 0 Å². The number of halogens is 1. The van der Waals surface area contributed by atoms with Crippen LogP contribution in [0.2, 0.25) is 0 Å². The van der Waals surface area contributed by atoms with Gasteiger partial charge in [-0.25, -0.2) is 14.4 Å². The largest absolute Gasteiger partial charge is 0.508 e. The average Bonchev–Trinajstić information content (AvgIpc) is 3.01. The summed E-state index contributed by atoms with van der Waals surface area (Å²) < 4.78 is 18.7. The van der Waals surface area contributed by atoms with Crippen molar-refractivity contribution in [3.05, 3.63) is 60.4 Å². The minimum Gasteiger partial charge on any atom is -0.508 e. The van der Waals surface area contributed by atoms with E-state index in [1.54, 1.807) is 18.2 Å². The molecule has 2 heterocycles. The number of hydrogen-bond acceptors (Lipinski definition) is 6. The second-order valence-corrected chi connectivity index (χ2v) is 4.36. The minimum atomic E-state index is -0.620. The zero-order valence-electron chi connectivity index (χ0n) is 11.3. The number of aromatic nitrogens is 2. The molecule has 0 aliphatic carbocycles. The van der Waals surface area contributed by atoms with E-state index in [0.717, 1.165) is 11.8 Å². The Balaban J connectivity index is 1.83. The first kappa shape index (κ1) is 13.7. The van der Waals surface area contributed by atoms with Crippen molar-refractivity contribution < 1.29 is 13.9 Å². The highest BCUT2D eigenvalue weighted by atomic mass is 19.1.